The van der Waals surface area contributed by atoms with E-state index in [2.05, 4.69) is 25.5 Å². The number of aromatic nitrogens is 5. The number of halogens is 2. The van der Waals surface area contributed by atoms with Gasteiger partial charge in [0.05, 0.1) is 18.1 Å². The standard InChI is InChI=1S/C14H12F2N6S/c1-23-14-21-20-13(12(15)16)22(14)18-8-10-7-17-19-11(10)9-5-3-2-4-6-9/h2-8,12H,1H3,(H,17,19)/b18-8+. The van der Waals surface area contributed by atoms with Crippen LogP contribution in [-0.2, 0) is 0 Å². The molecule has 2 heterocycles. The maximum Gasteiger partial charge on any atom is 0.299 e. The van der Waals surface area contributed by atoms with E-state index in [-0.39, 0.29) is 0 Å². The van der Waals surface area contributed by atoms with Crippen molar-refractivity contribution < 1.29 is 8.78 Å². The molecule has 9 heteroatoms. The third-order valence-electron chi connectivity index (χ3n) is 3.06. The van der Waals surface area contributed by atoms with Crippen molar-refractivity contribution in [1.29, 1.82) is 0 Å². The van der Waals surface area contributed by atoms with Crippen LogP contribution >= 0.6 is 11.8 Å². The summed E-state index contributed by atoms with van der Waals surface area (Å²) >= 11 is 1.19. The predicted molar refractivity (Wildman–Crippen MR) is 83.8 cm³/mol. The summed E-state index contributed by atoms with van der Waals surface area (Å²) < 4.78 is 27.0. The summed E-state index contributed by atoms with van der Waals surface area (Å²) in [4.78, 5) is 0. The quantitative estimate of drug-likeness (QED) is 0.574. The van der Waals surface area contributed by atoms with E-state index in [9.17, 15) is 8.78 Å². The van der Waals surface area contributed by atoms with Gasteiger partial charge in [-0.25, -0.2) is 8.78 Å². The van der Waals surface area contributed by atoms with Gasteiger partial charge in [-0.05, 0) is 6.26 Å². The number of benzene rings is 1. The predicted octanol–water partition coefficient (Wildman–Crippen LogP) is 3.21. The zero-order valence-electron chi connectivity index (χ0n) is 12.0. The molecule has 0 aliphatic rings. The second kappa shape index (κ2) is 6.69. The van der Waals surface area contributed by atoms with Crippen molar-refractivity contribution in [3.63, 3.8) is 0 Å². The van der Waals surface area contributed by atoms with Crippen LogP contribution in [0.4, 0.5) is 8.78 Å². The minimum atomic E-state index is -2.75. The van der Waals surface area contributed by atoms with Gasteiger partial charge in [0.25, 0.3) is 6.43 Å². The maximum atomic E-state index is 13.0. The summed E-state index contributed by atoms with van der Waals surface area (Å²) in [7, 11) is 0. The Labute approximate surface area is 134 Å². The number of thioether (sulfide) groups is 1. The van der Waals surface area contributed by atoms with Crippen LogP contribution in [0.15, 0.2) is 46.8 Å². The van der Waals surface area contributed by atoms with Crippen LogP contribution in [0, 0.1) is 0 Å². The fourth-order valence-electron chi connectivity index (χ4n) is 2.00. The van der Waals surface area contributed by atoms with Crippen molar-refractivity contribution in [3.05, 3.63) is 47.9 Å². The lowest BCUT2D eigenvalue weighted by Gasteiger charge is -2.02. The van der Waals surface area contributed by atoms with Gasteiger partial charge >= 0.3 is 0 Å². The molecule has 1 N–H and O–H groups in total. The smallest absolute Gasteiger partial charge is 0.277 e. The fraction of sp³-hybridized carbons (Fsp3) is 0.143. The summed E-state index contributed by atoms with van der Waals surface area (Å²) in [5, 5.41) is 18.4. The first-order chi connectivity index (χ1) is 11.2. The normalized spacial score (nSPS) is 11.7. The molecule has 0 unspecified atom stereocenters. The van der Waals surface area contributed by atoms with E-state index >= 15 is 0 Å². The van der Waals surface area contributed by atoms with Crippen molar-refractivity contribution in [1.82, 2.24) is 25.1 Å². The van der Waals surface area contributed by atoms with Gasteiger partial charge in [0, 0.05) is 11.1 Å². The molecule has 0 atom stereocenters. The van der Waals surface area contributed by atoms with Gasteiger partial charge in [0.15, 0.2) is 0 Å². The molecule has 0 aliphatic carbocycles. The zero-order chi connectivity index (χ0) is 16.2. The average Bonchev–Trinajstić information content (AvgIpc) is 3.20. The molecule has 0 aliphatic heterocycles. The van der Waals surface area contributed by atoms with Crippen molar-refractivity contribution in [3.8, 4) is 11.3 Å². The second-order valence-electron chi connectivity index (χ2n) is 4.47. The SMILES string of the molecule is CSc1nnc(C(F)F)n1/N=C/c1cn[nH]c1-c1ccccc1. The summed E-state index contributed by atoms with van der Waals surface area (Å²) in [6.07, 6.45) is 2.01. The molecule has 0 fully saturated rings. The first-order valence-electron chi connectivity index (χ1n) is 6.61. The van der Waals surface area contributed by atoms with Crippen LogP contribution in [0.5, 0.6) is 0 Å². The molecular weight excluding hydrogens is 322 g/mol. The second-order valence-corrected chi connectivity index (χ2v) is 5.24. The Morgan fingerprint density at radius 2 is 2.04 bits per heavy atom. The fourth-order valence-corrected chi connectivity index (χ4v) is 2.43. The summed E-state index contributed by atoms with van der Waals surface area (Å²) in [6.45, 7) is 0. The molecule has 0 saturated heterocycles. The van der Waals surface area contributed by atoms with E-state index in [4.69, 9.17) is 0 Å². The van der Waals surface area contributed by atoms with Gasteiger partial charge in [-0.2, -0.15) is 14.9 Å². The number of rotatable bonds is 5. The number of aromatic amines is 1. The van der Waals surface area contributed by atoms with Crippen molar-refractivity contribution >= 4 is 18.0 Å². The molecule has 0 saturated carbocycles. The summed E-state index contributed by atoms with van der Waals surface area (Å²) in [5.41, 5.74) is 2.36. The van der Waals surface area contributed by atoms with Crippen LogP contribution in [0.1, 0.15) is 17.8 Å². The van der Waals surface area contributed by atoms with Gasteiger partial charge in [0.2, 0.25) is 11.0 Å². The highest BCUT2D eigenvalue weighted by molar-refractivity contribution is 7.98. The Bertz CT molecular complexity index is 812. The lowest BCUT2D eigenvalue weighted by molar-refractivity contribution is 0.135. The molecule has 0 amide bonds. The number of alkyl halides is 2. The molecule has 0 radical (unpaired) electrons. The molecule has 0 bridgehead atoms. The largest absolute Gasteiger partial charge is 0.299 e. The summed E-state index contributed by atoms with van der Waals surface area (Å²) in [5.74, 6) is -0.490. The Balaban J connectivity index is 1.96. The molecule has 6 nitrogen and oxygen atoms in total. The number of nitrogens with zero attached hydrogens (tertiary/aromatic N) is 5. The van der Waals surface area contributed by atoms with Gasteiger partial charge in [-0.1, -0.05) is 42.1 Å². The highest BCUT2D eigenvalue weighted by Crippen LogP contribution is 2.23. The van der Waals surface area contributed by atoms with E-state index in [0.29, 0.717) is 10.7 Å². The Kier molecular flexibility index (Phi) is 4.47. The number of hydrogen-bond donors (Lipinski definition) is 1. The van der Waals surface area contributed by atoms with E-state index in [1.807, 2.05) is 30.3 Å². The van der Waals surface area contributed by atoms with Crippen LogP contribution in [0.3, 0.4) is 0 Å². The number of H-pyrrole nitrogens is 1. The lowest BCUT2D eigenvalue weighted by atomic mass is 10.1. The first-order valence-corrected chi connectivity index (χ1v) is 7.83. The maximum absolute atomic E-state index is 13.0. The Hall–Kier alpha value is -2.55. The van der Waals surface area contributed by atoms with E-state index < -0.39 is 12.2 Å². The minimum absolute atomic E-state index is 0.293. The topological polar surface area (TPSA) is 71.8 Å². The van der Waals surface area contributed by atoms with Crippen LogP contribution < -0.4 is 0 Å². The van der Waals surface area contributed by atoms with Gasteiger partial charge in [0.1, 0.15) is 0 Å². The monoisotopic (exact) mass is 334 g/mol. The van der Waals surface area contributed by atoms with E-state index in [1.54, 1.807) is 12.5 Å². The van der Waals surface area contributed by atoms with Gasteiger partial charge < -0.3 is 0 Å². The molecule has 2 aromatic heterocycles. The zero-order valence-corrected chi connectivity index (χ0v) is 12.8. The first kappa shape index (κ1) is 15.3. The molecule has 0 spiro atoms. The Morgan fingerprint density at radius 3 is 2.74 bits per heavy atom. The molecule has 23 heavy (non-hydrogen) atoms. The van der Waals surface area contributed by atoms with Crippen LogP contribution in [-0.4, -0.2) is 37.5 Å². The average molecular weight is 334 g/mol. The molecule has 118 valence electrons. The van der Waals surface area contributed by atoms with E-state index in [1.165, 1.54) is 18.0 Å². The van der Waals surface area contributed by atoms with Crippen molar-refractivity contribution in [2.24, 2.45) is 5.10 Å². The Morgan fingerprint density at radius 1 is 1.26 bits per heavy atom. The molecular formula is C14H12F2N6S. The van der Waals surface area contributed by atoms with Gasteiger partial charge in [-0.3, -0.25) is 5.10 Å². The van der Waals surface area contributed by atoms with Crippen molar-refractivity contribution in [2.75, 3.05) is 6.26 Å². The van der Waals surface area contributed by atoms with E-state index in [0.717, 1.165) is 15.9 Å². The van der Waals surface area contributed by atoms with Crippen molar-refractivity contribution in [2.45, 2.75) is 11.6 Å². The minimum Gasteiger partial charge on any atom is -0.277 e. The summed E-state index contributed by atoms with van der Waals surface area (Å²) in [6, 6.07) is 9.54. The highest BCUT2D eigenvalue weighted by atomic mass is 32.2. The number of hydrogen-bond acceptors (Lipinski definition) is 5. The molecule has 3 rings (SSSR count). The van der Waals surface area contributed by atoms with Crippen LogP contribution in [0.2, 0.25) is 0 Å². The number of nitrogens with one attached hydrogen (secondary N) is 1. The lowest BCUT2D eigenvalue weighted by Crippen LogP contribution is -2.00. The highest BCUT2D eigenvalue weighted by Gasteiger charge is 2.19. The third-order valence-corrected chi connectivity index (χ3v) is 3.68. The third kappa shape index (κ3) is 3.14. The molecule has 3 aromatic rings. The van der Waals surface area contributed by atoms with Gasteiger partial charge in [-0.15, -0.1) is 10.2 Å². The molecule has 1 aromatic carbocycles. The van der Waals surface area contributed by atoms with Crippen LogP contribution in [0.25, 0.3) is 11.3 Å².